The fourth-order valence-electron chi connectivity index (χ4n) is 2.09. The number of benzene rings is 1. The van der Waals surface area contributed by atoms with Crippen LogP contribution in [0.5, 0.6) is 0 Å². The van der Waals surface area contributed by atoms with Crippen molar-refractivity contribution in [2.45, 2.75) is 37.8 Å². The molecule has 0 saturated carbocycles. The lowest BCUT2D eigenvalue weighted by atomic mass is 10.2. The Labute approximate surface area is 142 Å². The molecule has 0 fully saturated rings. The van der Waals surface area contributed by atoms with Gasteiger partial charge in [-0.1, -0.05) is 13.8 Å². The molecule has 0 saturated heterocycles. The van der Waals surface area contributed by atoms with Crippen LogP contribution >= 0.6 is 11.8 Å². The highest BCUT2D eigenvalue weighted by Gasteiger charge is 2.33. The highest BCUT2D eigenvalue weighted by Crippen LogP contribution is 2.36. The smallest absolute Gasteiger partial charge is 0.342 e. The molecule has 0 heterocycles. The number of hydrogen-bond donors (Lipinski definition) is 0. The summed E-state index contributed by atoms with van der Waals surface area (Å²) in [6.07, 6.45) is -3.07. The zero-order valence-electron chi connectivity index (χ0n) is 13.4. The van der Waals surface area contributed by atoms with Gasteiger partial charge in [-0.3, -0.25) is 14.9 Å². The van der Waals surface area contributed by atoms with Gasteiger partial charge in [0.05, 0.1) is 21.1 Å². The van der Waals surface area contributed by atoms with Gasteiger partial charge < -0.3 is 4.90 Å². The zero-order valence-corrected chi connectivity index (χ0v) is 14.2. The molecule has 1 rings (SSSR count). The van der Waals surface area contributed by atoms with Crippen molar-refractivity contribution in [1.82, 2.24) is 4.90 Å². The third-order valence-electron chi connectivity index (χ3n) is 3.17. The number of alkyl halides is 3. The molecule has 1 aromatic rings. The third kappa shape index (κ3) is 5.70. The van der Waals surface area contributed by atoms with Gasteiger partial charge in [-0.2, -0.15) is 13.2 Å². The third-order valence-corrected chi connectivity index (χ3v) is 4.22. The Bertz CT molecular complexity index is 588. The minimum Gasteiger partial charge on any atom is -0.342 e. The average Bonchev–Trinajstić information content (AvgIpc) is 2.51. The molecule has 0 aromatic heterocycles. The molecule has 9 heteroatoms. The minimum absolute atomic E-state index is 0.0494. The van der Waals surface area contributed by atoms with Gasteiger partial charge in [-0.05, 0) is 25.0 Å². The average molecular weight is 364 g/mol. The number of nitro groups is 1. The summed E-state index contributed by atoms with van der Waals surface area (Å²) in [5, 5.41) is 11.0. The van der Waals surface area contributed by atoms with Crippen molar-refractivity contribution in [2.75, 3.05) is 18.8 Å². The number of carbonyl (C=O) groups excluding carboxylic acids is 1. The SMILES string of the molecule is CCCN(CCC)C(=O)CSc1ccc(C(F)(F)F)cc1[N+](=O)[O-]. The van der Waals surface area contributed by atoms with E-state index >= 15 is 0 Å². The Kier molecular flexibility index (Phi) is 7.53. The Morgan fingerprint density at radius 2 is 1.83 bits per heavy atom. The number of amides is 1. The van der Waals surface area contributed by atoms with E-state index in [1.807, 2.05) is 13.8 Å². The molecule has 0 atom stereocenters. The normalized spacial score (nSPS) is 11.4. The number of nitrogens with zero attached hydrogens (tertiary/aromatic N) is 2. The van der Waals surface area contributed by atoms with Crippen LogP contribution in [0.25, 0.3) is 0 Å². The summed E-state index contributed by atoms with van der Waals surface area (Å²) >= 11 is 0.883. The fraction of sp³-hybridized carbons (Fsp3) is 0.533. The molecular weight excluding hydrogens is 345 g/mol. The van der Waals surface area contributed by atoms with Crippen LogP contribution in [-0.2, 0) is 11.0 Å². The van der Waals surface area contributed by atoms with Gasteiger partial charge in [0.25, 0.3) is 5.69 Å². The van der Waals surface area contributed by atoms with Crippen molar-refractivity contribution in [3.8, 4) is 0 Å². The highest BCUT2D eigenvalue weighted by molar-refractivity contribution is 8.00. The number of hydrogen-bond acceptors (Lipinski definition) is 4. The quantitative estimate of drug-likeness (QED) is 0.391. The highest BCUT2D eigenvalue weighted by atomic mass is 32.2. The number of thioether (sulfide) groups is 1. The predicted octanol–water partition coefficient (Wildman–Crippen LogP) is 4.35. The lowest BCUT2D eigenvalue weighted by Gasteiger charge is -2.21. The lowest BCUT2D eigenvalue weighted by Crippen LogP contribution is -2.33. The summed E-state index contributed by atoms with van der Waals surface area (Å²) in [5.41, 5.74) is -1.72. The van der Waals surface area contributed by atoms with E-state index in [4.69, 9.17) is 0 Å². The molecule has 134 valence electrons. The first-order chi connectivity index (χ1) is 11.2. The largest absolute Gasteiger partial charge is 0.416 e. The minimum atomic E-state index is -4.65. The van der Waals surface area contributed by atoms with Crippen molar-refractivity contribution >= 4 is 23.4 Å². The molecule has 24 heavy (non-hydrogen) atoms. The van der Waals surface area contributed by atoms with Crippen molar-refractivity contribution in [2.24, 2.45) is 0 Å². The van der Waals surface area contributed by atoms with Crippen LogP contribution in [0.2, 0.25) is 0 Å². The van der Waals surface area contributed by atoms with Crippen LogP contribution in [0, 0.1) is 10.1 Å². The maximum atomic E-state index is 12.7. The monoisotopic (exact) mass is 364 g/mol. The van der Waals surface area contributed by atoms with Crippen LogP contribution in [0.1, 0.15) is 32.3 Å². The molecule has 0 aliphatic heterocycles. The van der Waals surface area contributed by atoms with Gasteiger partial charge in [0, 0.05) is 19.2 Å². The molecule has 1 amide bonds. The first kappa shape index (κ1) is 20.3. The second-order valence-corrected chi connectivity index (χ2v) is 6.12. The maximum Gasteiger partial charge on any atom is 0.416 e. The van der Waals surface area contributed by atoms with Crippen LogP contribution in [0.3, 0.4) is 0 Å². The first-order valence-electron chi connectivity index (χ1n) is 7.46. The van der Waals surface area contributed by atoms with E-state index in [0.717, 1.165) is 36.7 Å². The number of carbonyl (C=O) groups is 1. The Balaban J connectivity index is 2.91. The summed E-state index contributed by atoms with van der Waals surface area (Å²) in [6.45, 7) is 5.04. The Morgan fingerprint density at radius 1 is 1.25 bits per heavy atom. The van der Waals surface area contributed by atoms with E-state index in [9.17, 15) is 28.1 Å². The molecule has 0 bridgehead atoms. The zero-order chi connectivity index (χ0) is 18.3. The van der Waals surface area contributed by atoms with E-state index in [2.05, 4.69) is 0 Å². The van der Waals surface area contributed by atoms with Gasteiger partial charge in [0.2, 0.25) is 5.91 Å². The molecule has 0 unspecified atom stereocenters. The standard InChI is InChI=1S/C15H19F3N2O3S/c1-3-7-19(8-4-2)14(21)10-24-13-6-5-11(15(16,17)18)9-12(13)20(22)23/h5-6,9H,3-4,7-8,10H2,1-2H3. The van der Waals surface area contributed by atoms with Crippen molar-refractivity contribution in [3.63, 3.8) is 0 Å². The van der Waals surface area contributed by atoms with E-state index < -0.39 is 22.4 Å². The summed E-state index contributed by atoms with van der Waals surface area (Å²) in [4.78, 5) is 24.0. The van der Waals surface area contributed by atoms with Crippen molar-refractivity contribution in [3.05, 3.63) is 33.9 Å². The van der Waals surface area contributed by atoms with Crippen molar-refractivity contribution in [1.29, 1.82) is 0 Å². The lowest BCUT2D eigenvalue weighted by molar-refractivity contribution is -0.388. The molecule has 0 N–H and O–H groups in total. The summed E-state index contributed by atoms with van der Waals surface area (Å²) in [7, 11) is 0. The van der Waals surface area contributed by atoms with Crippen molar-refractivity contribution < 1.29 is 22.9 Å². The van der Waals surface area contributed by atoms with Crippen LogP contribution in [0.15, 0.2) is 23.1 Å². The second-order valence-electron chi connectivity index (χ2n) is 5.11. The number of halogens is 3. The van der Waals surface area contributed by atoms with Crippen LogP contribution in [0.4, 0.5) is 18.9 Å². The van der Waals surface area contributed by atoms with Gasteiger partial charge >= 0.3 is 6.18 Å². The van der Waals surface area contributed by atoms with Gasteiger partial charge in [-0.25, -0.2) is 0 Å². The van der Waals surface area contributed by atoms with Gasteiger partial charge in [0.1, 0.15) is 0 Å². The number of nitro benzene ring substituents is 1. The van der Waals surface area contributed by atoms with E-state index in [1.165, 1.54) is 0 Å². The molecule has 0 spiro atoms. The summed E-state index contributed by atoms with van der Waals surface area (Å²) < 4.78 is 38.0. The Morgan fingerprint density at radius 3 is 2.29 bits per heavy atom. The molecule has 0 aliphatic rings. The molecule has 1 aromatic carbocycles. The summed E-state index contributed by atoms with van der Waals surface area (Å²) in [6, 6.07) is 2.33. The maximum absolute atomic E-state index is 12.7. The Hall–Kier alpha value is -1.77. The molecular formula is C15H19F3N2O3S. The number of rotatable bonds is 8. The molecule has 0 radical (unpaired) electrons. The predicted molar refractivity (Wildman–Crippen MR) is 86.0 cm³/mol. The second kappa shape index (κ2) is 8.91. The summed E-state index contributed by atoms with van der Waals surface area (Å²) in [5.74, 6) is -0.232. The van der Waals surface area contributed by atoms with Gasteiger partial charge in [0.15, 0.2) is 0 Å². The van der Waals surface area contributed by atoms with Crippen LogP contribution in [-0.4, -0.2) is 34.6 Å². The molecule has 5 nitrogen and oxygen atoms in total. The van der Waals surface area contributed by atoms with Gasteiger partial charge in [-0.15, -0.1) is 11.8 Å². The van der Waals surface area contributed by atoms with E-state index in [1.54, 1.807) is 4.90 Å². The molecule has 0 aliphatic carbocycles. The van der Waals surface area contributed by atoms with E-state index in [-0.39, 0.29) is 16.6 Å². The van der Waals surface area contributed by atoms with Crippen LogP contribution < -0.4 is 0 Å². The fourth-order valence-corrected chi connectivity index (χ4v) is 3.00. The first-order valence-corrected chi connectivity index (χ1v) is 8.45. The van der Waals surface area contributed by atoms with E-state index in [0.29, 0.717) is 19.2 Å². The topological polar surface area (TPSA) is 63.5 Å².